The Balaban J connectivity index is 0.00000220. The van der Waals surface area contributed by atoms with Gasteiger partial charge in [-0.2, -0.15) is 0 Å². The molecule has 0 spiro atoms. The Bertz CT molecular complexity index is 480. The first-order valence-corrected chi connectivity index (χ1v) is 7.01. The van der Waals surface area contributed by atoms with Crippen LogP contribution in [-0.2, 0) is 0 Å². The van der Waals surface area contributed by atoms with Crippen LogP contribution in [-0.4, -0.2) is 31.7 Å². The molecule has 0 aliphatic carbocycles. The number of para-hydroxylation sites is 1. The van der Waals surface area contributed by atoms with E-state index in [1.54, 1.807) is 18.2 Å². The Hall–Kier alpha value is -1.46. The fourth-order valence-electron chi connectivity index (χ4n) is 2.30. The van der Waals surface area contributed by atoms with Gasteiger partial charge in [0.05, 0.1) is 5.56 Å². The van der Waals surface area contributed by atoms with Crippen molar-refractivity contribution in [1.29, 1.82) is 0 Å². The van der Waals surface area contributed by atoms with Crippen molar-refractivity contribution in [3.05, 3.63) is 23.8 Å². The molecule has 1 amide bonds. The van der Waals surface area contributed by atoms with Gasteiger partial charge in [0.2, 0.25) is 0 Å². The van der Waals surface area contributed by atoms with Gasteiger partial charge in [0.25, 0.3) is 5.91 Å². The van der Waals surface area contributed by atoms with E-state index in [-0.39, 0.29) is 24.4 Å². The van der Waals surface area contributed by atoms with Gasteiger partial charge in [-0.15, -0.1) is 12.4 Å². The van der Waals surface area contributed by atoms with E-state index in [2.05, 4.69) is 19.2 Å². The molecule has 1 aliphatic heterocycles. The van der Waals surface area contributed by atoms with E-state index in [1.807, 2.05) is 0 Å². The lowest BCUT2D eigenvalue weighted by molar-refractivity contribution is 0.0922. The van der Waals surface area contributed by atoms with E-state index in [4.69, 9.17) is 15.2 Å². The lowest BCUT2D eigenvalue weighted by Gasteiger charge is -2.23. The van der Waals surface area contributed by atoms with Gasteiger partial charge in [-0.3, -0.25) is 4.79 Å². The van der Waals surface area contributed by atoms with Crippen LogP contribution in [0, 0.1) is 5.92 Å². The summed E-state index contributed by atoms with van der Waals surface area (Å²) in [6, 6.07) is 5.32. The number of carbonyl (C=O) groups excluding carboxylic acids is 1. The predicted octanol–water partition coefficient (Wildman–Crippen LogP) is 1.98. The summed E-state index contributed by atoms with van der Waals surface area (Å²) in [6.07, 6.45) is 0.856. The highest BCUT2D eigenvalue weighted by Gasteiger charge is 2.22. The van der Waals surface area contributed by atoms with Crippen LogP contribution in [0.1, 0.15) is 30.6 Å². The molecule has 6 heteroatoms. The third-order valence-electron chi connectivity index (χ3n) is 3.19. The highest BCUT2D eigenvalue weighted by atomic mass is 35.5. The Morgan fingerprint density at radius 2 is 2.05 bits per heavy atom. The average molecular weight is 315 g/mol. The van der Waals surface area contributed by atoms with E-state index in [0.29, 0.717) is 42.7 Å². The fraction of sp³-hybridized carbons (Fsp3) is 0.533. The average Bonchev–Trinajstić information content (AvgIpc) is 2.45. The normalized spacial score (nSPS) is 14.3. The van der Waals surface area contributed by atoms with Gasteiger partial charge < -0.3 is 20.5 Å². The van der Waals surface area contributed by atoms with Crippen LogP contribution in [0.3, 0.4) is 0 Å². The molecule has 1 aromatic carbocycles. The van der Waals surface area contributed by atoms with Gasteiger partial charge in [0, 0.05) is 12.6 Å². The minimum atomic E-state index is -0.163. The van der Waals surface area contributed by atoms with Crippen molar-refractivity contribution in [2.45, 2.75) is 26.3 Å². The Kier molecular flexibility index (Phi) is 6.78. The molecule has 3 N–H and O–H groups in total. The smallest absolute Gasteiger partial charge is 0.255 e. The summed E-state index contributed by atoms with van der Waals surface area (Å²) in [7, 11) is 0. The maximum absolute atomic E-state index is 12.4. The highest BCUT2D eigenvalue weighted by molar-refractivity contribution is 5.98. The third kappa shape index (κ3) is 4.51. The Labute approximate surface area is 131 Å². The van der Waals surface area contributed by atoms with Crippen LogP contribution in [0.4, 0.5) is 0 Å². The van der Waals surface area contributed by atoms with Crippen molar-refractivity contribution >= 4 is 18.3 Å². The number of halogens is 1. The van der Waals surface area contributed by atoms with Gasteiger partial charge >= 0.3 is 0 Å². The number of ether oxygens (including phenoxy) is 2. The zero-order valence-corrected chi connectivity index (χ0v) is 13.2. The summed E-state index contributed by atoms with van der Waals surface area (Å²) < 4.78 is 11.0. The van der Waals surface area contributed by atoms with E-state index in [9.17, 15) is 4.79 Å². The number of hydrogen-bond acceptors (Lipinski definition) is 4. The van der Waals surface area contributed by atoms with Crippen molar-refractivity contribution in [3.8, 4) is 11.5 Å². The van der Waals surface area contributed by atoms with Crippen molar-refractivity contribution < 1.29 is 14.3 Å². The molecule has 1 heterocycles. The van der Waals surface area contributed by atoms with Crippen LogP contribution < -0.4 is 20.5 Å². The maximum Gasteiger partial charge on any atom is 0.255 e. The van der Waals surface area contributed by atoms with Gasteiger partial charge in [-0.1, -0.05) is 19.9 Å². The first-order chi connectivity index (χ1) is 9.61. The second-order valence-corrected chi connectivity index (χ2v) is 5.37. The quantitative estimate of drug-likeness (QED) is 0.871. The first kappa shape index (κ1) is 17.6. The monoisotopic (exact) mass is 314 g/mol. The number of nitrogens with one attached hydrogen (secondary N) is 1. The molecule has 0 saturated heterocycles. The van der Waals surface area contributed by atoms with E-state index >= 15 is 0 Å². The van der Waals surface area contributed by atoms with E-state index in [1.165, 1.54) is 0 Å². The van der Waals surface area contributed by atoms with Crippen LogP contribution in [0.2, 0.25) is 0 Å². The summed E-state index contributed by atoms with van der Waals surface area (Å²) in [6.45, 7) is 5.61. The molecular formula is C15H23ClN2O3. The molecule has 1 aliphatic rings. The Morgan fingerprint density at radius 3 is 2.71 bits per heavy atom. The fourth-order valence-corrected chi connectivity index (χ4v) is 2.30. The van der Waals surface area contributed by atoms with Gasteiger partial charge in [-0.05, 0) is 24.5 Å². The molecule has 1 atom stereocenters. The summed E-state index contributed by atoms with van der Waals surface area (Å²) in [4.78, 5) is 12.4. The molecule has 0 saturated carbocycles. The molecule has 21 heavy (non-hydrogen) atoms. The highest BCUT2D eigenvalue weighted by Crippen LogP contribution is 2.33. The second-order valence-electron chi connectivity index (χ2n) is 5.37. The van der Waals surface area contributed by atoms with Crippen molar-refractivity contribution in [3.63, 3.8) is 0 Å². The maximum atomic E-state index is 12.4. The first-order valence-electron chi connectivity index (χ1n) is 7.01. The zero-order valence-electron chi connectivity index (χ0n) is 12.4. The summed E-state index contributed by atoms with van der Waals surface area (Å²) >= 11 is 0. The number of hydrogen-bond donors (Lipinski definition) is 2. The van der Waals surface area contributed by atoms with E-state index < -0.39 is 0 Å². The number of carbonyl (C=O) groups is 1. The standard InChI is InChI=1S/C15H22N2O3.ClH/c1-10(2)8-11(9-16)17-15(18)12-4-3-5-13-14(12)20-7-6-19-13;/h3-5,10-11H,6-9,16H2,1-2H3,(H,17,18);1H. The van der Waals surface area contributed by atoms with Crippen molar-refractivity contribution in [2.24, 2.45) is 11.7 Å². The Morgan fingerprint density at radius 1 is 1.33 bits per heavy atom. The molecule has 0 fully saturated rings. The molecule has 1 aromatic rings. The van der Waals surface area contributed by atoms with Crippen molar-refractivity contribution in [2.75, 3.05) is 19.8 Å². The van der Waals surface area contributed by atoms with Crippen LogP contribution in [0.25, 0.3) is 0 Å². The lowest BCUT2D eigenvalue weighted by Crippen LogP contribution is -2.41. The SMILES string of the molecule is CC(C)CC(CN)NC(=O)c1cccc2c1OCCO2.Cl. The van der Waals surface area contributed by atoms with Gasteiger partial charge in [-0.25, -0.2) is 0 Å². The second kappa shape index (κ2) is 8.10. The van der Waals surface area contributed by atoms with Crippen LogP contribution >= 0.6 is 12.4 Å². The van der Waals surface area contributed by atoms with Crippen LogP contribution in [0.15, 0.2) is 18.2 Å². The topological polar surface area (TPSA) is 73.6 Å². The largest absolute Gasteiger partial charge is 0.486 e. The number of nitrogens with two attached hydrogens (primary N) is 1. The lowest BCUT2D eigenvalue weighted by atomic mass is 10.0. The molecule has 0 aromatic heterocycles. The summed E-state index contributed by atoms with van der Waals surface area (Å²) in [5.74, 6) is 1.46. The van der Waals surface area contributed by atoms with Crippen LogP contribution in [0.5, 0.6) is 11.5 Å². The number of rotatable bonds is 5. The zero-order chi connectivity index (χ0) is 14.5. The third-order valence-corrected chi connectivity index (χ3v) is 3.19. The molecule has 118 valence electrons. The van der Waals surface area contributed by atoms with Crippen molar-refractivity contribution in [1.82, 2.24) is 5.32 Å². The number of fused-ring (bicyclic) bond motifs is 1. The minimum absolute atomic E-state index is 0. The molecule has 0 radical (unpaired) electrons. The predicted molar refractivity (Wildman–Crippen MR) is 84.4 cm³/mol. The molecule has 1 unspecified atom stereocenters. The molecular weight excluding hydrogens is 292 g/mol. The van der Waals surface area contributed by atoms with Gasteiger partial charge in [0.15, 0.2) is 11.5 Å². The summed E-state index contributed by atoms with van der Waals surface area (Å²) in [5.41, 5.74) is 6.22. The molecule has 5 nitrogen and oxygen atoms in total. The molecule has 0 bridgehead atoms. The molecule has 2 rings (SSSR count). The number of amides is 1. The van der Waals surface area contributed by atoms with Gasteiger partial charge in [0.1, 0.15) is 13.2 Å². The summed E-state index contributed by atoms with van der Waals surface area (Å²) in [5, 5.41) is 2.96. The van der Waals surface area contributed by atoms with E-state index in [0.717, 1.165) is 6.42 Å². The number of benzene rings is 1. The minimum Gasteiger partial charge on any atom is -0.486 e.